The largest absolute Gasteiger partial charge is 0.452 e. The van der Waals surface area contributed by atoms with E-state index >= 15 is 4.39 Å². The molecule has 1 aliphatic heterocycles. The number of hydrogen-bond acceptors (Lipinski definition) is 6. The molecule has 3 aromatic carbocycles. The van der Waals surface area contributed by atoms with Gasteiger partial charge in [-0.25, -0.2) is 14.4 Å². The maximum Gasteiger partial charge on any atom is 0.216 e. The van der Waals surface area contributed by atoms with Gasteiger partial charge >= 0.3 is 0 Å². The van der Waals surface area contributed by atoms with E-state index in [9.17, 15) is 4.79 Å². The van der Waals surface area contributed by atoms with Gasteiger partial charge in [0.05, 0.1) is 18.3 Å². The minimum Gasteiger partial charge on any atom is -0.452 e. The molecule has 3 heterocycles. The molecule has 0 fully saturated rings. The van der Waals surface area contributed by atoms with E-state index in [4.69, 9.17) is 4.74 Å². The van der Waals surface area contributed by atoms with E-state index in [1.54, 1.807) is 12.1 Å². The molecule has 0 spiro atoms. The Hall–Kier alpha value is -4.96. The molecule has 1 amide bonds. The van der Waals surface area contributed by atoms with Crippen molar-refractivity contribution in [2.75, 3.05) is 11.9 Å². The van der Waals surface area contributed by atoms with Crippen molar-refractivity contribution in [3.63, 3.8) is 0 Å². The molecular weight excluding hydrogens is 563 g/mol. The number of allylic oxidation sites excluding steroid dienone is 1. The van der Waals surface area contributed by atoms with Gasteiger partial charge in [-0.2, -0.15) is 0 Å². The van der Waals surface area contributed by atoms with Crippen molar-refractivity contribution < 1.29 is 13.9 Å². The van der Waals surface area contributed by atoms with Crippen molar-refractivity contribution in [3.8, 4) is 5.75 Å². The number of nitrogens with one attached hydrogen (secondary N) is 2. The van der Waals surface area contributed by atoms with Gasteiger partial charge in [-0.15, -0.1) is 0 Å². The first kappa shape index (κ1) is 28.2. The first-order valence-electron chi connectivity index (χ1n) is 13.9. The van der Waals surface area contributed by atoms with Crippen molar-refractivity contribution in [1.82, 2.24) is 24.2 Å². The molecule has 1 unspecified atom stereocenters. The lowest BCUT2D eigenvalue weighted by atomic mass is 10.2. The number of aromatic nitrogens is 3. The number of anilines is 2. The molecule has 6 rings (SSSR count). The Balaban J connectivity index is 1.19. The Morgan fingerprint density at radius 1 is 0.977 bits per heavy atom. The monoisotopic (exact) mass is 594 g/mol. The maximum absolute atomic E-state index is 15.4. The van der Waals surface area contributed by atoms with Crippen LogP contribution in [0.1, 0.15) is 18.1 Å². The number of nitrogens with zero attached hydrogens (tertiary/aromatic N) is 4. The Kier molecular flexibility index (Phi) is 8.46. The average molecular weight is 595 g/mol. The summed E-state index contributed by atoms with van der Waals surface area (Å²) >= 11 is 0. The number of amides is 1. The molecule has 1 aliphatic rings. The molecule has 2 N–H and O–H groups in total. The van der Waals surface area contributed by atoms with Crippen LogP contribution in [0.3, 0.4) is 0 Å². The predicted molar refractivity (Wildman–Crippen MR) is 170 cm³/mol. The number of ether oxygens (including phenoxy) is 1. The first-order valence-corrected chi connectivity index (χ1v) is 15.3. The third-order valence-electron chi connectivity index (χ3n) is 6.86. The Morgan fingerprint density at radius 3 is 2.49 bits per heavy atom. The quantitative estimate of drug-likeness (QED) is 0.173. The van der Waals surface area contributed by atoms with Crippen LogP contribution in [0, 0.1) is 5.82 Å². The first-order chi connectivity index (χ1) is 21.0. The third-order valence-corrected chi connectivity index (χ3v) is 8.83. The van der Waals surface area contributed by atoms with Crippen molar-refractivity contribution in [2.24, 2.45) is 0 Å². The van der Waals surface area contributed by atoms with Crippen LogP contribution in [0.4, 0.5) is 15.9 Å². The van der Waals surface area contributed by atoms with Gasteiger partial charge < -0.3 is 24.2 Å². The zero-order valence-electron chi connectivity index (χ0n) is 23.6. The summed E-state index contributed by atoms with van der Waals surface area (Å²) in [6.45, 7) is 3.23. The fourth-order valence-corrected chi connectivity index (χ4v) is 6.69. The summed E-state index contributed by atoms with van der Waals surface area (Å²) in [4.78, 5) is 20.0. The maximum atomic E-state index is 15.4. The van der Waals surface area contributed by atoms with Crippen LogP contribution < -0.4 is 15.4 Å². The smallest absolute Gasteiger partial charge is 0.216 e. The number of benzene rings is 3. The third kappa shape index (κ3) is 6.92. The van der Waals surface area contributed by atoms with Gasteiger partial charge in [0, 0.05) is 49.1 Å². The number of carbonyl (C=O) groups excluding carboxylic acids is 1. The molecule has 0 bridgehead atoms. The summed E-state index contributed by atoms with van der Waals surface area (Å²) in [6, 6.07) is 27.3. The average Bonchev–Trinajstić information content (AvgIpc) is 3.59. The second-order valence-corrected chi connectivity index (χ2v) is 11.9. The van der Waals surface area contributed by atoms with E-state index < -0.39 is 5.82 Å². The molecule has 218 valence electrons. The van der Waals surface area contributed by atoms with Gasteiger partial charge in [0.15, 0.2) is 23.1 Å². The highest BCUT2D eigenvalue weighted by Gasteiger charge is 2.19. The number of rotatable bonds is 11. The zero-order valence-corrected chi connectivity index (χ0v) is 24.4. The van der Waals surface area contributed by atoms with Gasteiger partial charge in [-0.1, -0.05) is 71.3 Å². The Labute approximate surface area is 251 Å². The van der Waals surface area contributed by atoms with Crippen LogP contribution in [-0.4, -0.2) is 36.7 Å². The van der Waals surface area contributed by atoms with Crippen LogP contribution in [0.25, 0.3) is 11.0 Å². The number of hydrogen-bond donors (Lipinski definition) is 2. The summed E-state index contributed by atoms with van der Waals surface area (Å²) in [6.07, 6.45) is 5.33. The molecule has 0 saturated heterocycles. The minimum atomic E-state index is -0.491. The Bertz CT molecular complexity index is 1810. The highest BCUT2D eigenvalue weighted by Crippen LogP contribution is 2.35. The molecule has 2 aromatic heterocycles. The van der Waals surface area contributed by atoms with E-state index in [0.29, 0.717) is 30.4 Å². The lowest BCUT2D eigenvalue weighted by Gasteiger charge is -2.21. The predicted octanol–water partition coefficient (Wildman–Crippen LogP) is 6.37. The van der Waals surface area contributed by atoms with E-state index in [1.807, 2.05) is 59.4 Å². The van der Waals surface area contributed by atoms with Crippen LogP contribution in [0.15, 0.2) is 109 Å². The molecule has 5 aromatic rings. The topological polar surface area (TPSA) is 84.3 Å². The second-order valence-electron chi connectivity index (χ2n) is 10.1. The summed E-state index contributed by atoms with van der Waals surface area (Å²) in [5.74, 6) is 1.55. The van der Waals surface area contributed by atoms with Crippen molar-refractivity contribution in [2.45, 2.75) is 25.8 Å². The fourth-order valence-electron chi connectivity index (χ4n) is 4.84. The molecule has 8 nitrogen and oxygen atoms in total. The van der Waals surface area contributed by atoms with Crippen molar-refractivity contribution >= 4 is 44.5 Å². The van der Waals surface area contributed by atoms with Crippen LogP contribution in [0.2, 0.25) is 0 Å². The fraction of sp³-hybridized carbons (Fsp3) is 0.152. The molecule has 10 heteroatoms. The normalized spacial score (nSPS) is 14.3. The molecular formula is C33H31FN6O2S. The number of halogens is 1. The van der Waals surface area contributed by atoms with E-state index in [2.05, 4.69) is 54.5 Å². The van der Waals surface area contributed by atoms with Gasteiger partial charge in [-0.3, -0.25) is 4.79 Å². The van der Waals surface area contributed by atoms with Gasteiger partial charge in [0.1, 0.15) is 11.8 Å². The van der Waals surface area contributed by atoms with E-state index in [1.165, 1.54) is 30.4 Å². The highest BCUT2D eigenvalue weighted by molar-refractivity contribution is 8.12. The summed E-state index contributed by atoms with van der Waals surface area (Å²) in [5.41, 5.74) is 4.47. The van der Waals surface area contributed by atoms with Crippen LogP contribution >= 0.6 is 10.7 Å². The number of fused-ring (bicyclic) bond motifs is 1. The lowest BCUT2D eigenvalue weighted by Crippen LogP contribution is -2.24. The zero-order chi connectivity index (χ0) is 29.6. The van der Waals surface area contributed by atoms with Crippen molar-refractivity contribution in [3.05, 3.63) is 126 Å². The standard InChI is InChI=1S/C33H31FN6O2S/c1-24(41)35-15-17-39-16-14-30-32(39)33(37-23-36-30)38-27-12-13-31(29(34)18-27)42-28-20-40(19-25-8-4-2-5-9-25)43(22-28)21-26-10-6-3-7-11-26/h2-14,16,18,20,22-23H,15,17,19,21H2,1H3,(H,35,41)(H,36,37,38). The summed E-state index contributed by atoms with van der Waals surface area (Å²) in [7, 11) is -0.259. The lowest BCUT2D eigenvalue weighted by molar-refractivity contribution is -0.118. The van der Waals surface area contributed by atoms with Gasteiger partial charge in [0.2, 0.25) is 5.91 Å². The van der Waals surface area contributed by atoms with Gasteiger partial charge in [0.25, 0.3) is 0 Å². The SMILES string of the molecule is CC(=O)NCCn1ccc2ncnc(Nc3ccc(OC4=CN(Cc5ccccc5)S(Cc5ccccc5)=C4)c(F)c3)c21. The van der Waals surface area contributed by atoms with E-state index in [-0.39, 0.29) is 22.3 Å². The van der Waals surface area contributed by atoms with Crippen LogP contribution in [-0.2, 0) is 23.6 Å². The summed E-state index contributed by atoms with van der Waals surface area (Å²) < 4.78 is 25.7. The summed E-state index contributed by atoms with van der Waals surface area (Å²) in [5, 5.41) is 8.09. The Morgan fingerprint density at radius 2 is 1.74 bits per heavy atom. The molecule has 0 radical (unpaired) electrons. The minimum absolute atomic E-state index is 0.0918. The molecule has 43 heavy (non-hydrogen) atoms. The molecule has 0 aliphatic carbocycles. The molecule has 0 saturated carbocycles. The second kappa shape index (κ2) is 12.9. The van der Waals surface area contributed by atoms with Gasteiger partial charge in [-0.05, 0) is 29.3 Å². The highest BCUT2D eigenvalue weighted by atomic mass is 32.2. The van der Waals surface area contributed by atoms with Crippen LogP contribution in [0.5, 0.6) is 5.75 Å². The number of carbonyl (C=O) groups is 1. The van der Waals surface area contributed by atoms with E-state index in [0.717, 1.165) is 23.3 Å². The molecule has 1 atom stereocenters. The van der Waals surface area contributed by atoms with Crippen molar-refractivity contribution in [1.29, 1.82) is 0 Å².